The fourth-order valence-corrected chi connectivity index (χ4v) is 2.94. The van der Waals surface area contributed by atoms with Crippen LogP contribution in [0, 0.1) is 3.57 Å². The van der Waals surface area contributed by atoms with Crippen LogP contribution < -0.4 is 10.1 Å². The zero-order valence-corrected chi connectivity index (χ0v) is 15.1. The molecule has 0 atom stereocenters. The molecule has 0 fully saturated rings. The number of halogens is 1. The van der Waals surface area contributed by atoms with Gasteiger partial charge in [0.1, 0.15) is 16.3 Å². The molecule has 1 aromatic heterocycles. The number of methoxy groups -OCH3 is 1. The number of hydrogen-bond acceptors (Lipinski definition) is 5. The molecule has 0 spiro atoms. The number of ether oxygens (including phenoxy) is 1. The van der Waals surface area contributed by atoms with E-state index in [-0.39, 0.29) is 5.91 Å². The summed E-state index contributed by atoms with van der Waals surface area (Å²) in [6.45, 7) is 0. The minimum atomic E-state index is -0.216. The minimum Gasteiger partial charge on any atom is -0.497 e. The van der Waals surface area contributed by atoms with Gasteiger partial charge in [-0.3, -0.25) is 4.79 Å². The number of anilines is 1. The summed E-state index contributed by atoms with van der Waals surface area (Å²) in [5, 5.41) is 6.95. The second-order valence-electron chi connectivity index (χ2n) is 4.64. The minimum absolute atomic E-state index is 0.216. The standard InChI is InChI=1S/C16H12IN3O2S/c1-22-13-8-2-10(3-9-13)14-15(23-20-19-14)16(21)18-12-6-4-11(17)5-7-12/h2-9H,1H3,(H,18,21). The van der Waals surface area contributed by atoms with Gasteiger partial charge in [0, 0.05) is 14.8 Å². The molecule has 7 heteroatoms. The van der Waals surface area contributed by atoms with Gasteiger partial charge in [-0.25, -0.2) is 0 Å². The van der Waals surface area contributed by atoms with E-state index in [0.29, 0.717) is 10.6 Å². The Morgan fingerprint density at radius 1 is 1.13 bits per heavy atom. The maximum absolute atomic E-state index is 12.5. The first kappa shape index (κ1) is 15.9. The van der Waals surface area contributed by atoms with E-state index in [2.05, 4.69) is 37.5 Å². The van der Waals surface area contributed by atoms with Crippen molar-refractivity contribution in [3.63, 3.8) is 0 Å². The smallest absolute Gasteiger partial charge is 0.269 e. The lowest BCUT2D eigenvalue weighted by atomic mass is 10.1. The van der Waals surface area contributed by atoms with E-state index in [1.165, 1.54) is 0 Å². The molecule has 0 saturated heterocycles. The van der Waals surface area contributed by atoms with Gasteiger partial charge < -0.3 is 10.1 Å². The van der Waals surface area contributed by atoms with Gasteiger partial charge in [-0.2, -0.15) is 0 Å². The van der Waals surface area contributed by atoms with Crippen molar-refractivity contribution in [1.29, 1.82) is 0 Å². The van der Waals surface area contributed by atoms with Crippen LogP contribution in [0.3, 0.4) is 0 Å². The highest BCUT2D eigenvalue weighted by atomic mass is 127. The van der Waals surface area contributed by atoms with Gasteiger partial charge in [0.15, 0.2) is 0 Å². The number of nitrogens with zero attached hydrogens (tertiary/aromatic N) is 2. The van der Waals surface area contributed by atoms with Crippen molar-refractivity contribution in [2.45, 2.75) is 0 Å². The number of amides is 1. The zero-order chi connectivity index (χ0) is 16.2. The molecular formula is C16H12IN3O2S. The largest absolute Gasteiger partial charge is 0.497 e. The van der Waals surface area contributed by atoms with E-state index < -0.39 is 0 Å². The van der Waals surface area contributed by atoms with Crippen molar-refractivity contribution >= 4 is 45.7 Å². The molecule has 2 aromatic carbocycles. The zero-order valence-electron chi connectivity index (χ0n) is 12.1. The first-order chi connectivity index (χ1) is 11.2. The summed E-state index contributed by atoms with van der Waals surface area (Å²) in [7, 11) is 1.61. The average molecular weight is 437 g/mol. The third kappa shape index (κ3) is 3.67. The van der Waals surface area contributed by atoms with Gasteiger partial charge in [0.05, 0.1) is 7.11 Å². The highest BCUT2D eigenvalue weighted by molar-refractivity contribution is 14.1. The van der Waals surface area contributed by atoms with Gasteiger partial charge in [0.2, 0.25) is 0 Å². The van der Waals surface area contributed by atoms with E-state index in [1.807, 2.05) is 48.5 Å². The van der Waals surface area contributed by atoms with Crippen LogP contribution in [0.15, 0.2) is 48.5 Å². The number of carbonyl (C=O) groups excluding carboxylic acids is 1. The lowest BCUT2D eigenvalue weighted by Crippen LogP contribution is -2.11. The molecule has 0 unspecified atom stereocenters. The van der Waals surface area contributed by atoms with Gasteiger partial charge in [-0.1, -0.05) is 4.49 Å². The number of hydrogen-bond donors (Lipinski definition) is 1. The summed E-state index contributed by atoms with van der Waals surface area (Å²) in [6.07, 6.45) is 0. The predicted molar refractivity (Wildman–Crippen MR) is 99.0 cm³/mol. The van der Waals surface area contributed by atoms with Crippen molar-refractivity contribution in [3.8, 4) is 17.0 Å². The first-order valence-electron chi connectivity index (χ1n) is 6.71. The van der Waals surface area contributed by atoms with Crippen LogP contribution >= 0.6 is 34.1 Å². The summed E-state index contributed by atoms with van der Waals surface area (Å²) >= 11 is 3.30. The Morgan fingerprint density at radius 3 is 2.48 bits per heavy atom. The molecule has 3 rings (SSSR count). The molecule has 0 aliphatic carbocycles. The Morgan fingerprint density at radius 2 is 1.83 bits per heavy atom. The van der Waals surface area contributed by atoms with Crippen molar-refractivity contribution in [2.24, 2.45) is 0 Å². The molecule has 3 aromatic rings. The lowest BCUT2D eigenvalue weighted by Gasteiger charge is -2.05. The van der Waals surface area contributed by atoms with E-state index in [0.717, 1.165) is 32.1 Å². The molecule has 116 valence electrons. The summed E-state index contributed by atoms with van der Waals surface area (Å²) in [5.41, 5.74) is 2.14. The molecule has 1 amide bonds. The van der Waals surface area contributed by atoms with Crippen LogP contribution in [0.2, 0.25) is 0 Å². The molecule has 5 nitrogen and oxygen atoms in total. The lowest BCUT2D eigenvalue weighted by molar-refractivity contribution is 0.103. The number of carbonyl (C=O) groups is 1. The van der Waals surface area contributed by atoms with Crippen molar-refractivity contribution in [2.75, 3.05) is 12.4 Å². The third-order valence-corrected chi connectivity index (χ3v) is 4.60. The van der Waals surface area contributed by atoms with Crippen LogP contribution in [0.1, 0.15) is 9.67 Å². The molecule has 1 heterocycles. The third-order valence-electron chi connectivity index (χ3n) is 3.16. The van der Waals surface area contributed by atoms with Crippen LogP contribution in [0.4, 0.5) is 5.69 Å². The molecule has 0 radical (unpaired) electrons. The molecule has 0 saturated carbocycles. The number of nitrogens with one attached hydrogen (secondary N) is 1. The summed E-state index contributed by atoms with van der Waals surface area (Å²) in [6, 6.07) is 15.0. The van der Waals surface area contributed by atoms with Gasteiger partial charge in [-0.05, 0) is 82.7 Å². The Kier molecular flexibility index (Phi) is 4.87. The van der Waals surface area contributed by atoms with Gasteiger partial charge in [0.25, 0.3) is 5.91 Å². The Labute approximate surface area is 151 Å². The quantitative estimate of drug-likeness (QED) is 0.626. The molecule has 0 bridgehead atoms. The van der Waals surface area contributed by atoms with E-state index in [4.69, 9.17) is 4.74 Å². The van der Waals surface area contributed by atoms with Crippen molar-refractivity contribution < 1.29 is 9.53 Å². The van der Waals surface area contributed by atoms with Gasteiger partial charge >= 0.3 is 0 Å². The topological polar surface area (TPSA) is 64.1 Å². The van der Waals surface area contributed by atoms with Crippen LogP contribution in [0.25, 0.3) is 11.3 Å². The summed E-state index contributed by atoms with van der Waals surface area (Å²) < 4.78 is 10.2. The first-order valence-corrected chi connectivity index (χ1v) is 8.56. The monoisotopic (exact) mass is 437 g/mol. The molecule has 0 aliphatic rings. The SMILES string of the molecule is COc1ccc(-c2nnsc2C(=O)Nc2ccc(I)cc2)cc1. The Hall–Kier alpha value is -2.00. The second-order valence-corrected chi connectivity index (χ2v) is 6.64. The number of rotatable bonds is 4. The maximum Gasteiger partial charge on any atom is 0.269 e. The van der Waals surface area contributed by atoms with E-state index in [1.54, 1.807) is 7.11 Å². The molecule has 0 aliphatic heterocycles. The van der Waals surface area contributed by atoms with Crippen LogP contribution in [0.5, 0.6) is 5.75 Å². The second kappa shape index (κ2) is 7.05. The van der Waals surface area contributed by atoms with Crippen LogP contribution in [-0.2, 0) is 0 Å². The molecule has 23 heavy (non-hydrogen) atoms. The maximum atomic E-state index is 12.5. The van der Waals surface area contributed by atoms with Crippen LogP contribution in [-0.4, -0.2) is 22.6 Å². The van der Waals surface area contributed by atoms with Gasteiger partial charge in [-0.15, -0.1) is 5.10 Å². The normalized spacial score (nSPS) is 10.3. The number of benzene rings is 2. The number of aromatic nitrogens is 2. The predicted octanol–water partition coefficient (Wildman–Crippen LogP) is 4.07. The highest BCUT2D eigenvalue weighted by Crippen LogP contribution is 2.26. The molecular weight excluding hydrogens is 425 g/mol. The van der Waals surface area contributed by atoms with E-state index >= 15 is 0 Å². The van der Waals surface area contributed by atoms with Crippen molar-refractivity contribution in [1.82, 2.24) is 9.59 Å². The fourth-order valence-electron chi connectivity index (χ4n) is 2.00. The summed E-state index contributed by atoms with van der Waals surface area (Å²) in [5.74, 6) is 0.536. The fraction of sp³-hybridized carbons (Fsp3) is 0.0625. The Bertz CT molecular complexity index is 816. The molecule has 1 N–H and O–H groups in total. The van der Waals surface area contributed by atoms with E-state index in [9.17, 15) is 4.79 Å². The highest BCUT2D eigenvalue weighted by Gasteiger charge is 2.18. The van der Waals surface area contributed by atoms with Crippen molar-refractivity contribution in [3.05, 3.63) is 57.0 Å². The Balaban J connectivity index is 1.84. The summed E-state index contributed by atoms with van der Waals surface area (Å²) in [4.78, 5) is 13.0. The average Bonchev–Trinajstić information content (AvgIpc) is 3.07.